The van der Waals surface area contributed by atoms with Crippen LogP contribution in [0.3, 0.4) is 0 Å². The summed E-state index contributed by atoms with van der Waals surface area (Å²) in [5.41, 5.74) is 5.63. The summed E-state index contributed by atoms with van der Waals surface area (Å²) in [6, 6.07) is 16.6. The number of hydrogen-bond donors (Lipinski definition) is 0. The van der Waals surface area contributed by atoms with Crippen molar-refractivity contribution in [2.75, 3.05) is 249 Å². The van der Waals surface area contributed by atoms with E-state index >= 15 is 0 Å². The molecule has 0 amide bonds. The molecule has 0 bridgehead atoms. The van der Waals surface area contributed by atoms with Crippen LogP contribution in [0.4, 0.5) is 11.4 Å². The molecule has 0 N–H and O–H groups in total. The van der Waals surface area contributed by atoms with Crippen molar-refractivity contribution >= 4 is 29.3 Å². The van der Waals surface area contributed by atoms with E-state index in [4.69, 9.17) is 75.8 Å². The molecule has 1 aliphatic rings. The average molecular weight is 1050 g/mol. The highest BCUT2D eigenvalue weighted by molar-refractivity contribution is 6.15. The molecule has 0 radical (unpaired) electrons. The van der Waals surface area contributed by atoms with Crippen LogP contribution in [0.2, 0.25) is 0 Å². The van der Waals surface area contributed by atoms with Crippen molar-refractivity contribution in [1.29, 1.82) is 0 Å². The van der Waals surface area contributed by atoms with Crippen molar-refractivity contribution in [2.45, 2.75) is 12.8 Å². The monoisotopic (exact) mass is 1050 g/mol. The standard InChI is InChI=1S/C55H90N2O17/c1-59-23-27-67-39-43-71-35-31-63-19-15-56(16-20-64-32-36-72-44-40-68-28-24-60-2)53-11-5-49(6-12-53)47-51-9-10-52(55(51)58)48-50-7-13-54(14-8-50)57(17-21-65-33-37-73-45-41-69-29-25-61-3)18-22-66-34-38-74-46-42-70-30-26-62-4/h5-8,11-14,47-48H,9-10,15-46H2,1-4H3/b51-47+,52-48+. The van der Waals surface area contributed by atoms with Gasteiger partial charge in [-0.25, -0.2) is 0 Å². The quantitative estimate of drug-likeness (QED) is 0.0646. The van der Waals surface area contributed by atoms with Gasteiger partial charge in [0.15, 0.2) is 5.78 Å². The van der Waals surface area contributed by atoms with Gasteiger partial charge >= 0.3 is 0 Å². The van der Waals surface area contributed by atoms with Crippen LogP contribution in [0.25, 0.3) is 12.2 Å². The fraction of sp³-hybridized carbons (Fsp3) is 0.691. The molecule has 0 saturated heterocycles. The molecule has 422 valence electrons. The number of ether oxygens (including phenoxy) is 16. The molecule has 0 aliphatic heterocycles. The summed E-state index contributed by atoms with van der Waals surface area (Å²) < 4.78 is 88.0. The smallest absolute Gasteiger partial charge is 0.185 e. The molecule has 0 aromatic heterocycles. The topological polar surface area (TPSA) is 171 Å². The zero-order valence-electron chi connectivity index (χ0n) is 45.1. The molecule has 19 nitrogen and oxygen atoms in total. The lowest BCUT2D eigenvalue weighted by Crippen LogP contribution is -2.31. The van der Waals surface area contributed by atoms with E-state index in [0.29, 0.717) is 224 Å². The number of allylic oxidation sites excluding steroid dienone is 2. The van der Waals surface area contributed by atoms with Gasteiger partial charge in [0.25, 0.3) is 0 Å². The zero-order valence-corrected chi connectivity index (χ0v) is 45.1. The van der Waals surface area contributed by atoms with Crippen molar-refractivity contribution in [3.05, 3.63) is 70.8 Å². The van der Waals surface area contributed by atoms with Gasteiger partial charge in [-0.1, -0.05) is 24.3 Å². The van der Waals surface area contributed by atoms with E-state index in [0.717, 1.165) is 33.6 Å². The summed E-state index contributed by atoms with van der Waals surface area (Å²) in [6.07, 6.45) is 5.40. The summed E-state index contributed by atoms with van der Waals surface area (Å²) in [7, 11) is 6.60. The van der Waals surface area contributed by atoms with Crippen molar-refractivity contribution in [3.8, 4) is 0 Å². The summed E-state index contributed by atoms with van der Waals surface area (Å²) >= 11 is 0. The van der Waals surface area contributed by atoms with Gasteiger partial charge in [0.2, 0.25) is 0 Å². The summed E-state index contributed by atoms with van der Waals surface area (Å²) in [5, 5.41) is 0. The lowest BCUT2D eigenvalue weighted by molar-refractivity contribution is -0.111. The van der Waals surface area contributed by atoms with Crippen LogP contribution in [0.5, 0.6) is 0 Å². The maximum atomic E-state index is 13.7. The highest BCUT2D eigenvalue weighted by Gasteiger charge is 2.23. The van der Waals surface area contributed by atoms with Gasteiger partial charge in [-0.2, -0.15) is 0 Å². The molecule has 0 atom stereocenters. The highest BCUT2D eigenvalue weighted by Crippen LogP contribution is 2.30. The first-order valence-electron chi connectivity index (χ1n) is 26.1. The normalized spacial score (nSPS) is 13.8. The van der Waals surface area contributed by atoms with Crippen molar-refractivity contribution in [2.24, 2.45) is 0 Å². The highest BCUT2D eigenvalue weighted by atomic mass is 16.6. The Bertz CT molecular complexity index is 1500. The van der Waals surface area contributed by atoms with E-state index in [1.165, 1.54) is 0 Å². The molecular formula is C55H90N2O17. The number of ketones is 1. The summed E-state index contributed by atoms with van der Waals surface area (Å²) in [6.45, 7) is 17.2. The van der Waals surface area contributed by atoms with Gasteiger partial charge in [-0.05, 0) is 60.4 Å². The third-order valence-corrected chi connectivity index (χ3v) is 11.2. The van der Waals surface area contributed by atoms with Gasteiger partial charge in [0, 0.05) is 77.1 Å². The first-order chi connectivity index (χ1) is 36.6. The number of benzene rings is 2. The summed E-state index contributed by atoms with van der Waals surface area (Å²) in [4.78, 5) is 18.2. The fourth-order valence-corrected chi connectivity index (χ4v) is 7.12. The van der Waals surface area contributed by atoms with Gasteiger partial charge in [-0.15, -0.1) is 0 Å². The van der Waals surface area contributed by atoms with Gasteiger partial charge in [0.05, 0.1) is 185 Å². The Labute approximate surface area is 441 Å². The van der Waals surface area contributed by atoms with Gasteiger partial charge < -0.3 is 85.6 Å². The van der Waals surface area contributed by atoms with Crippen LogP contribution < -0.4 is 9.80 Å². The number of methoxy groups -OCH3 is 4. The number of nitrogens with zero attached hydrogens (tertiary/aromatic N) is 2. The molecule has 0 heterocycles. The summed E-state index contributed by atoms with van der Waals surface area (Å²) in [5.74, 6) is 0.0837. The SMILES string of the molecule is COCCOCCOCCOCCN(CCOCCOCCOCCOC)c1ccc(/C=C2\CC/C(=C\c3ccc(N(CCOCCOCCOCCOC)CCOCCOCCOCCOC)cc3)C2=O)cc1. The third kappa shape index (κ3) is 32.9. The van der Waals surface area contributed by atoms with Crippen LogP contribution in [0, 0.1) is 0 Å². The molecular weight excluding hydrogens is 961 g/mol. The number of carbonyl (C=O) groups excluding carboxylic acids is 1. The maximum absolute atomic E-state index is 13.7. The number of rotatable bonds is 52. The van der Waals surface area contributed by atoms with Crippen molar-refractivity contribution in [3.63, 3.8) is 0 Å². The Morgan fingerprint density at radius 2 is 0.514 bits per heavy atom. The van der Waals surface area contributed by atoms with E-state index in [2.05, 4.69) is 58.3 Å². The van der Waals surface area contributed by atoms with Crippen LogP contribution in [-0.4, -0.2) is 245 Å². The minimum atomic E-state index is 0.0837. The van der Waals surface area contributed by atoms with Gasteiger partial charge in [0.1, 0.15) is 0 Å². The molecule has 1 saturated carbocycles. The molecule has 2 aromatic carbocycles. The lowest BCUT2D eigenvalue weighted by Gasteiger charge is -2.25. The Kier molecular flexibility index (Phi) is 41.0. The first-order valence-corrected chi connectivity index (χ1v) is 26.1. The molecule has 0 unspecified atom stereocenters. The number of Topliss-reactive ketones (excluding diaryl/α,β-unsaturated/α-hetero) is 1. The van der Waals surface area contributed by atoms with Crippen LogP contribution in [0.1, 0.15) is 24.0 Å². The van der Waals surface area contributed by atoms with E-state index in [9.17, 15) is 4.79 Å². The largest absolute Gasteiger partial charge is 0.382 e. The van der Waals surface area contributed by atoms with E-state index in [1.807, 2.05) is 12.2 Å². The molecule has 3 rings (SSSR count). The predicted octanol–water partition coefficient (Wildman–Crippen LogP) is 4.91. The zero-order chi connectivity index (χ0) is 52.6. The first kappa shape index (κ1) is 64.8. The second-order valence-corrected chi connectivity index (χ2v) is 16.6. The van der Waals surface area contributed by atoms with Gasteiger partial charge in [-0.3, -0.25) is 4.79 Å². The lowest BCUT2D eigenvalue weighted by atomic mass is 10.1. The molecule has 2 aromatic rings. The Morgan fingerprint density at radius 1 is 0.311 bits per heavy atom. The minimum Gasteiger partial charge on any atom is -0.382 e. The fourth-order valence-electron chi connectivity index (χ4n) is 7.12. The third-order valence-electron chi connectivity index (χ3n) is 11.2. The predicted molar refractivity (Wildman–Crippen MR) is 285 cm³/mol. The minimum absolute atomic E-state index is 0.0837. The van der Waals surface area contributed by atoms with Crippen LogP contribution in [0.15, 0.2) is 59.7 Å². The number of hydrogen-bond acceptors (Lipinski definition) is 19. The maximum Gasteiger partial charge on any atom is 0.185 e. The van der Waals surface area contributed by atoms with Crippen LogP contribution >= 0.6 is 0 Å². The van der Waals surface area contributed by atoms with Crippen molar-refractivity contribution < 1.29 is 80.6 Å². The number of carbonyl (C=O) groups is 1. The van der Waals surface area contributed by atoms with E-state index in [-0.39, 0.29) is 5.78 Å². The Balaban J connectivity index is 1.53. The Morgan fingerprint density at radius 3 is 0.730 bits per heavy atom. The molecule has 1 fully saturated rings. The molecule has 1 aliphatic carbocycles. The number of anilines is 2. The second-order valence-electron chi connectivity index (χ2n) is 16.6. The van der Waals surface area contributed by atoms with E-state index < -0.39 is 0 Å². The second kappa shape index (κ2) is 46.8. The Hall–Kier alpha value is -3.45. The van der Waals surface area contributed by atoms with E-state index in [1.54, 1.807) is 28.4 Å². The van der Waals surface area contributed by atoms with Crippen molar-refractivity contribution in [1.82, 2.24) is 0 Å². The van der Waals surface area contributed by atoms with Crippen LogP contribution in [-0.2, 0) is 80.6 Å². The molecule has 0 spiro atoms. The molecule has 74 heavy (non-hydrogen) atoms. The molecule has 19 heteroatoms. The average Bonchev–Trinajstić information content (AvgIpc) is 3.75.